The number of rotatable bonds is 1. The van der Waals surface area contributed by atoms with Crippen LogP contribution in [-0.2, 0) is 4.74 Å². The molecule has 0 aliphatic carbocycles. The molecule has 5 heteroatoms. The van der Waals surface area contributed by atoms with Crippen LogP contribution in [0.2, 0.25) is 0 Å². The van der Waals surface area contributed by atoms with Gasteiger partial charge in [0.2, 0.25) is 0 Å². The fourth-order valence-corrected chi connectivity index (χ4v) is 0.692. The van der Waals surface area contributed by atoms with E-state index in [4.69, 9.17) is 0 Å². The van der Waals surface area contributed by atoms with Crippen molar-refractivity contribution in [2.75, 3.05) is 7.11 Å². The number of ether oxygens (including phenoxy) is 1. The summed E-state index contributed by atoms with van der Waals surface area (Å²) in [6, 6.07) is 8.88. The molecule has 0 atom stereocenters. The van der Waals surface area contributed by atoms with Gasteiger partial charge in [-0.15, -0.1) is 0 Å². The minimum atomic E-state index is -0.291. The van der Waals surface area contributed by atoms with Crippen LogP contribution in [0.1, 0.15) is 10.4 Å². The van der Waals surface area contributed by atoms with Gasteiger partial charge < -0.3 is 29.6 Å². The molecule has 2 nitrogen and oxygen atoms in total. The fourth-order valence-electron chi connectivity index (χ4n) is 0.692. The Kier molecular flexibility index (Phi) is 14.6. The maximum Gasteiger partial charge on any atom is 2.00 e. The Bertz CT molecular complexity index is 229. The van der Waals surface area contributed by atoms with Crippen LogP contribution in [0.5, 0.6) is 0 Å². The third-order valence-corrected chi connectivity index (χ3v) is 1.19. The molecule has 0 spiro atoms. The molecule has 68 valence electrons. The van der Waals surface area contributed by atoms with Crippen molar-refractivity contribution in [2.24, 2.45) is 0 Å². The third-order valence-electron chi connectivity index (χ3n) is 1.19. The average Bonchev–Trinajstić information content (AvgIpc) is 2.05. The van der Waals surface area contributed by atoms with Crippen molar-refractivity contribution in [2.45, 2.75) is 0 Å². The molecule has 0 fully saturated rings. The Labute approximate surface area is 106 Å². The first kappa shape index (κ1) is 18.7. The second-order valence-corrected chi connectivity index (χ2v) is 1.86. The molecule has 1 rings (SSSR count). The van der Waals surface area contributed by atoms with Crippen molar-refractivity contribution in [1.82, 2.24) is 0 Å². The van der Waals surface area contributed by atoms with Gasteiger partial charge in [-0.1, -0.05) is 18.2 Å². The van der Waals surface area contributed by atoms with Gasteiger partial charge in [-0.2, -0.15) is 0 Å². The number of esters is 1. The summed E-state index contributed by atoms with van der Waals surface area (Å²) < 4.78 is 4.50. The number of carbonyl (C=O) groups is 1. The van der Waals surface area contributed by atoms with Gasteiger partial charge in [0, 0.05) is 0 Å². The Hall–Kier alpha value is 0.0362. The predicted octanol–water partition coefficient (Wildman–Crippen LogP) is -4.90. The van der Waals surface area contributed by atoms with Crippen LogP contribution in [0.25, 0.3) is 0 Å². The second-order valence-electron chi connectivity index (χ2n) is 1.86. The van der Waals surface area contributed by atoms with Gasteiger partial charge in [0.05, 0.1) is 12.7 Å². The van der Waals surface area contributed by atoms with E-state index in [9.17, 15) is 4.79 Å². The normalized spacial score (nSPS) is 6.85. The van der Waals surface area contributed by atoms with Crippen molar-refractivity contribution in [1.29, 1.82) is 0 Å². The predicted molar refractivity (Wildman–Crippen MR) is 43.5 cm³/mol. The summed E-state index contributed by atoms with van der Waals surface area (Å²) in [7, 11) is 1.37. The number of carbonyl (C=O) groups excluding carboxylic acids is 1. The van der Waals surface area contributed by atoms with Crippen LogP contribution in [0.15, 0.2) is 30.3 Å². The molecule has 0 aliphatic heterocycles. The standard InChI is InChI=1S/C8H8O2.2ClH.Mg/c1-10-8(9)7-5-3-2-4-6-7;;;/h2-6H,1H3;2*1H;/q;;;+2/p-2. The van der Waals surface area contributed by atoms with E-state index in [1.54, 1.807) is 24.3 Å². The number of hydrogen-bond acceptors (Lipinski definition) is 2. The van der Waals surface area contributed by atoms with Crippen molar-refractivity contribution >= 4 is 29.0 Å². The van der Waals surface area contributed by atoms with Gasteiger partial charge in [-0.05, 0) is 12.1 Å². The average molecular weight is 231 g/mol. The van der Waals surface area contributed by atoms with Gasteiger partial charge in [0.1, 0.15) is 0 Å². The summed E-state index contributed by atoms with van der Waals surface area (Å²) in [4.78, 5) is 10.8. The summed E-state index contributed by atoms with van der Waals surface area (Å²) in [5.74, 6) is -0.291. The fraction of sp³-hybridized carbons (Fsp3) is 0.125. The van der Waals surface area contributed by atoms with E-state index in [-0.39, 0.29) is 53.8 Å². The van der Waals surface area contributed by atoms with E-state index >= 15 is 0 Å². The molecule has 0 aliphatic rings. The number of methoxy groups -OCH3 is 1. The number of hydrogen-bond donors (Lipinski definition) is 0. The Morgan fingerprint density at radius 1 is 1.15 bits per heavy atom. The number of halogens is 2. The number of benzene rings is 1. The Morgan fingerprint density at radius 3 is 2.00 bits per heavy atom. The van der Waals surface area contributed by atoms with E-state index in [2.05, 4.69) is 4.74 Å². The molecule has 0 heterocycles. The molecule has 0 aromatic heterocycles. The van der Waals surface area contributed by atoms with E-state index in [0.29, 0.717) is 5.56 Å². The molecule has 0 radical (unpaired) electrons. The van der Waals surface area contributed by atoms with Crippen molar-refractivity contribution in [3.63, 3.8) is 0 Å². The third kappa shape index (κ3) is 6.15. The monoisotopic (exact) mass is 230 g/mol. The molecular weight excluding hydrogens is 223 g/mol. The Balaban J connectivity index is -0.000000333. The van der Waals surface area contributed by atoms with E-state index in [0.717, 1.165) is 0 Å². The molecule has 0 unspecified atom stereocenters. The van der Waals surface area contributed by atoms with Crippen molar-refractivity contribution in [3.05, 3.63) is 35.9 Å². The molecular formula is C8H8Cl2MgO2. The summed E-state index contributed by atoms with van der Waals surface area (Å²) in [6.45, 7) is 0. The first-order valence-corrected chi connectivity index (χ1v) is 2.98. The molecule has 0 N–H and O–H groups in total. The molecule has 0 amide bonds. The first-order chi connectivity index (χ1) is 4.84. The van der Waals surface area contributed by atoms with Crippen LogP contribution >= 0.6 is 0 Å². The largest absolute Gasteiger partial charge is 2.00 e. The topological polar surface area (TPSA) is 26.3 Å². The minimum Gasteiger partial charge on any atom is -1.00 e. The zero-order valence-corrected chi connectivity index (χ0v) is 10.1. The van der Waals surface area contributed by atoms with Gasteiger partial charge in [0.15, 0.2) is 0 Å². The summed E-state index contributed by atoms with van der Waals surface area (Å²) in [6.07, 6.45) is 0. The van der Waals surface area contributed by atoms with Crippen LogP contribution in [0, 0.1) is 0 Å². The SMILES string of the molecule is COC(=O)c1ccccc1.[Cl-].[Cl-].[Mg+2]. The summed E-state index contributed by atoms with van der Waals surface area (Å²) in [5, 5.41) is 0. The minimum absolute atomic E-state index is 0. The molecule has 1 aromatic carbocycles. The van der Waals surface area contributed by atoms with Gasteiger partial charge >= 0.3 is 29.0 Å². The second kappa shape index (κ2) is 10.1. The Morgan fingerprint density at radius 2 is 1.62 bits per heavy atom. The molecule has 0 saturated carbocycles. The quantitative estimate of drug-likeness (QED) is 0.358. The maximum atomic E-state index is 10.8. The van der Waals surface area contributed by atoms with Crippen LogP contribution in [0.4, 0.5) is 0 Å². The summed E-state index contributed by atoms with van der Waals surface area (Å²) in [5.41, 5.74) is 0.588. The molecule has 0 bridgehead atoms. The van der Waals surface area contributed by atoms with Gasteiger partial charge in [0.25, 0.3) is 0 Å². The van der Waals surface area contributed by atoms with Crippen LogP contribution in [0.3, 0.4) is 0 Å². The van der Waals surface area contributed by atoms with E-state index in [1.807, 2.05) is 6.07 Å². The zero-order chi connectivity index (χ0) is 7.40. The van der Waals surface area contributed by atoms with Crippen molar-refractivity contribution in [3.8, 4) is 0 Å². The maximum absolute atomic E-state index is 10.8. The summed E-state index contributed by atoms with van der Waals surface area (Å²) >= 11 is 0. The molecule has 0 saturated heterocycles. The molecule has 13 heavy (non-hydrogen) atoms. The van der Waals surface area contributed by atoms with Crippen LogP contribution < -0.4 is 24.8 Å². The van der Waals surface area contributed by atoms with Gasteiger partial charge in [-0.3, -0.25) is 0 Å². The van der Waals surface area contributed by atoms with E-state index in [1.165, 1.54) is 7.11 Å². The first-order valence-electron chi connectivity index (χ1n) is 2.98. The smallest absolute Gasteiger partial charge is 1.00 e. The zero-order valence-electron chi connectivity index (χ0n) is 7.17. The van der Waals surface area contributed by atoms with E-state index < -0.39 is 0 Å². The van der Waals surface area contributed by atoms with Crippen molar-refractivity contribution < 1.29 is 34.3 Å². The molecule has 1 aromatic rings. The van der Waals surface area contributed by atoms with Gasteiger partial charge in [-0.25, -0.2) is 4.79 Å². The van der Waals surface area contributed by atoms with Crippen LogP contribution in [-0.4, -0.2) is 36.1 Å².